The van der Waals surface area contributed by atoms with Gasteiger partial charge in [-0.1, -0.05) is 65.2 Å². The Morgan fingerprint density at radius 3 is 1.68 bits per heavy atom. The van der Waals surface area contributed by atoms with E-state index in [1.165, 1.54) is 77.3 Å². The van der Waals surface area contributed by atoms with Crippen molar-refractivity contribution < 1.29 is 4.79 Å². The van der Waals surface area contributed by atoms with E-state index in [0.29, 0.717) is 11.8 Å². The van der Waals surface area contributed by atoms with Gasteiger partial charge in [0.05, 0.1) is 0 Å². The number of rotatable bonds is 13. The molecule has 1 saturated carbocycles. The molecule has 22 heavy (non-hydrogen) atoms. The third-order valence-electron chi connectivity index (χ3n) is 5.13. The zero-order valence-electron chi connectivity index (χ0n) is 15.2. The lowest BCUT2D eigenvalue weighted by atomic mass is 9.92. The van der Waals surface area contributed by atoms with Gasteiger partial charge in [0.2, 0.25) is 0 Å². The Hall–Kier alpha value is -0.370. The maximum absolute atomic E-state index is 11.5. The van der Waals surface area contributed by atoms with Crippen LogP contribution >= 0.6 is 0 Å². The summed E-state index contributed by atoms with van der Waals surface area (Å²) in [6, 6.07) is 0.690. The van der Waals surface area contributed by atoms with Gasteiger partial charge in [0.1, 0.15) is 5.78 Å². The summed E-state index contributed by atoms with van der Waals surface area (Å²) in [4.78, 5) is 14.2. The van der Waals surface area contributed by atoms with E-state index in [1.54, 1.807) is 0 Å². The van der Waals surface area contributed by atoms with E-state index in [-0.39, 0.29) is 0 Å². The number of nitrogens with zero attached hydrogens (tertiary/aromatic N) is 1. The van der Waals surface area contributed by atoms with Crippen LogP contribution in [0, 0.1) is 0 Å². The van der Waals surface area contributed by atoms with E-state index < -0.39 is 0 Å². The quantitative estimate of drug-likeness (QED) is 0.404. The molecule has 2 nitrogen and oxygen atoms in total. The fraction of sp³-hybridized carbons (Fsp3) is 0.950. The standard InChI is InChI=1S/C20H39NO/c1-3-5-7-9-11-17-21(18-12-10-8-6-4-2)19-13-15-20(22)16-14-19/h19H,3-18H2,1-2H3. The highest BCUT2D eigenvalue weighted by molar-refractivity contribution is 5.79. The van der Waals surface area contributed by atoms with E-state index >= 15 is 0 Å². The van der Waals surface area contributed by atoms with Crippen LogP contribution in [-0.4, -0.2) is 29.8 Å². The molecule has 0 aromatic heterocycles. The molecule has 1 fully saturated rings. The molecule has 0 N–H and O–H groups in total. The minimum Gasteiger partial charge on any atom is -0.300 e. The first-order chi connectivity index (χ1) is 10.8. The molecule has 1 rings (SSSR count). The van der Waals surface area contributed by atoms with E-state index in [2.05, 4.69) is 18.7 Å². The lowest BCUT2D eigenvalue weighted by Gasteiger charge is -2.34. The topological polar surface area (TPSA) is 20.3 Å². The summed E-state index contributed by atoms with van der Waals surface area (Å²) < 4.78 is 0. The van der Waals surface area contributed by atoms with Crippen molar-refractivity contribution in [3.8, 4) is 0 Å². The minimum absolute atomic E-state index is 0.488. The summed E-state index contributed by atoms with van der Waals surface area (Å²) in [6.45, 7) is 7.08. The Balaban J connectivity index is 2.27. The Morgan fingerprint density at radius 1 is 0.773 bits per heavy atom. The molecule has 0 saturated heterocycles. The van der Waals surface area contributed by atoms with Crippen LogP contribution in [0.3, 0.4) is 0 Å². The second-order valence-electron chi connectivity index (χ2n) is 7.13. The molecule has 1 aliphatic carbocycles. The van der Waals surface area contributed by atoms with Gasteiger partial charge in [-0.2, -0.15) is 0 Å². The van der Waals surface area contributed by atoms with Crippen molar-refractivity contribution in [2.75, 3.05) is 13.1 Å². The number of Topliss-reactive ketones (excluding diaryl/α,β-unsaturated/α-hetero) is 1. The van der Waals surface area contributed by atoms with Crippen LogP contribution in [0.25, 0.3) is 0 Å². The monoisotopic (exact) mass is 309 g/mol. The van der Waals surface area contributed by atoms with E-state index in [1.807, 2.05) is 0 Å². The Morgan fingerprint density at radius 2 is 1.23 bits per heavy atom. The molecule has 0 atom stereocenters. The molecule has 0 aromatic rings. The van der Waals surface area contributed by atoms with E-state index in [0.717, 1.165) is 25.7 Å². The maximum atomic E-state index is 11.5. The van der Waals surface area contributed by atoms with Crippen molar-refractivity contribution in [2.24, 2.45) is 0 Å². The van der Waals surface area contributed by atoms with Crippen LogP contribution in [0.15, 0.2) is 0 Å². The van der Waals surface area contributed by atoms with Gasteiger partial charge in [0.25, 0.3) is 0 Å². The smallest absolute Gasteiger partial charge is 0.133 e. The Labute approximate surface area is 139 Å². The second kappa shape index (κ2) is 13.1. The number of ketones is 1. The molecule has 1 aliphatic rings. The lowest BCUT2D eigenvalue weighted by molar-refractivity contribution is -0.121. The molecule has 0 bridgehead atoms. The van der Waals surface area contributed by atoms with E-state index in [9.17, 15) is 4.79 Å². The molecular formula is C20H39NO. The van der Waals surface area contributed by atoms with Crippen LogP contribution in [0.1, 0.15) is 104 Å². The van der Waals surface area contributed by atoms with Crippen molar-refractivity contribution in [3.05, 3.63) is 0 Å². The predicted octanol–water partition coefficient (Wildman–Crippen LogP) is 5.74. The molecule has 0 spiro atoms. The zero-order chi connectivity index (χ0) is 16.0. The summed E-state index contributed by atoms with van der Waals surface area (Å²) >= 11 is 0. The molecule has 0 heterocycles. The Bertz CT molecular complexity index is 253. The van der Waals surface area contributed by atoms with Crippen molar-refractivity contribution in [2.45, 2.75) is 110 Å². The average molecular weight is 310 g/mol. The van der Waals surface area contributed by atoms with E-state index in [4.69, 9.17) is 0 Å². The molecule has 130 valence electrons. The fourth-order valence-electron chi connectivity index (χ4n) is 3.60. The van der Waals surface area contributed by atoms with Crippen molar-refractivity contribution in [3.63, 3.8) is 0 Å². The fourth-order valence-corrected chi connectivity index (χ4v) is 3.60. The van der Waals surface area contributed by atoms with Gasteiger partial charge in [-0.3, -0.25) is 4.79 Å². The van der Waals surface area contributed by atoms with Gasteiger partial charge in [-0.25, -0.2) is 0 Å². The summed E-state index contributed by atoms with van der Waals surface area (Å²) in [5.41, 5.74) is 0. The van der Waals surface area contributed by atoms with Gasteiger partial charge < -0.3 is 4.90 Å². The molecule has 0 unspecified atom stereocenters. The van der Waals surface area contributed by atoms with Crippen LogP contribution < -0.4 is 0 Å². The van der Waals surface area contributed by atoms with Gasteiger partial charge in [-0.15, -0.1) is 0 Å². The summed E-state index contributed by atoms with van der Waals surface area (Å²) in [7, 11) is 0. The summed E-state index contributed by atoms with van der Waals surface area (Å²) in [5, 5.41) is 0. The highest BCUT2D eigenvalue weighted by Crippen LogP contribution is 2.22. The van der Waals surface area contributed by atoms with Crippen molar-refractivity contribution in [1.82, 2.24) is 4.90 Å². The number of carbonyl (C=O) groups is 1. The van der Waals surface area contributed by atoms with Crippen molar-refractivity contribution >= 4 is 5.78 Å². The number of hydrogen-bond acceptors (Lipinski definition) is 2. The third-order valence-corrected chi connectivity index (χ3v) is 5.13. The molecule has 2 heteroatoms. The van der Waals surface area contributed by atoms with Gasteiger partial charge in [0.15, 0.2) is 0 Å². The summed E-state index contributed by atoms with van der Waals surface area (Å²) in [6.07, 6.45) is 17.5. The number of carbonyl (C=O) groups excluding carboxylic acids is 1. The highest BCUT2D eigenvalue weighted by atomic mass is 16.1. The van der Waals surface area contributed by atoms with Crippen LogP contribution in [0.2, 0.25) is 0 Å². The maximum Gasteiger partial charge on any atom is 0.133 e. The predicted molar refractivity (Wildman–Crippen MR) is 96.4 cm³/mol. The molecule has 0 radical (unpaired) electrons. The molecule has 0 aromatic carbocycles. The highest BCUT2D eigenvalue weighted by Gasteiger charge is 2.23. The first-order valence-electron chi connectivity index (χ1n) is 10.0. The molecule has 0 amide bonds. The van der Waals surface area contributed by atoms with Gasteiger partial charge in [0, 0.05) is 18.9 Å². The van der Waals surface area contributed by atoms with Crippen LogP contribution in [-0.2, 0) is 4.79 Å². The SMILES string of the molecule is CCCCCCCN(CCCCCCC)C1CCC(=O)CC1. The lowest BCUT2D eigenvalue weighted by Crippen LogP contribution is -2.39. The number of unbranched alkanes of at least 4 members (excludes halogenated alkanes) is 8. The largest absolute Gasteiger partial charge is 0.300 e. The first kappa shape index (κ1) is 19.7. The summed E-state index contributed by atoms with van der Waals surface area (Å²) in [5.74, 6) is 0.488. The molecule has 0 aliphatic heterocycles. The average Bonchev–Trinajstić information content (AvgIpc) is 2.53. The third kappa shape index (κ3) is 8.92. The normalized spacial score (nSPS) is 16.6. The minimum atomic E-state index is 0.488. The molecular weight excluding hydrogens is 270 g/mol. The van der Waals surface area contributed by atoms with Crippen LogP contribution in [0.4, 0.5) is 0 Å². The van der Waals surface area contributed by atoms with Gasteiger partial charge in [-0.05, 0) is 38.8 Å². The number of hydrogen-bond donors (Lipinski definition) is 0. The van der Waals surface area contributed by atoms with Gasteiger partial charge >= 0.3 is 0 Å². The second-order valence-corrected chi connectivity index (χ2v) is 7.13. The van der Waals surface area contributed by atoms with Crippen molar-refractivity contribution in [1.29, 1.82) is 0 Å². The zero-order valence-corrected chi connectivity index (χ0v) is 15.2. The Kier molecular flexibility index (Phi) is 11.7. The first-order valence-corrected chi connectivity index (χ1v) is 10.0. The van der Waals surface area contributed by atoms with Crippen LogP contribution in [0.5, 0.6) is 0 Å².